The fourth-order valence-electron chi connectivity index (χ4n) is 4.58. The number of nitrogens with one attached hydrogen (secondary N) is 3. The summed E-state index contributed by atoms with van der Waals surface area (Å²) in [7, 11) is 1.83. The molecular weight excluding hydrogens is 438 g/mol. The zero-order valence-corrected chi connectivity index (χ0v) is 21.1. The van der Waals surface area contributed by atoms with Crippen LogP contribution in [-0.2, 0) is 11.2 Å². The van der Waals surface area contributed by atoms with Crippen LogP contribution in [0.3, 0.4) is 0 Å². The van der Waals surface area contributed by atoms with E-state index in [4.69, 9.17) is 0 Å². The molecule has 4 rings (SSSR count). The molecule has 0 bridgehead atoms. The van der Waals surface area contributed by atoms with Gasteiger partial charge in [0.25, 0.3) is 0 Å². The van der Waals surface area contributed by atoms with Gasteiger partial charge < -0.3 is 25.4 Å². The maximum atomic E-state index is 12.3. The zero-order chi connectivity index (χ0) is 24.5. The molecule has 188 valence electrons. The third kappa shape index (κ3) is 6.94. The largest absolute Gasteiger partial charge is 0.369 e. The Morgan fingerprint density at radius 3 is 2.74 bits per heavy atom. The van der Waals surface area contributed by atoms with E-state index in [0.717, 1.165) is 66.9 Å². The van der Waals surface area contributed by atoms with E-state index in [0.29, 0.717) is 12.4 Å². The minimum Gasteiger partial charge on any atom is -0.369 e. The zero-order valence-electron chi connectivity index (χ0n) is 21.1. The van der Waals surface area contributed by atoms with Gasteiger partial charge in [-0.15, -0.1) is 0 Å². The average molecular weight is 478 g/mol. The van der Waals surface area contributed by atoms with Crippen LogP contribution in [0.25, 0.3) is 16.6 Å². The van der Waals surface area contributed by atoms with Gasteiger partial charge >= 0.3 is 0 Å². The van der Waals surface area contributed by atoms with Crippen molar-refractivity contribution in [2.75, 3.05) is 50.4 Å². The maximum Gasteiger partial charge on any atom is 0.224 e. The number of aryl methyl sites for hydroxylation is 1. The summed E-state index contributed by atoms with van der Waals surface area (Å²) in [6.45, 7) is 7.28. The number of carbonyl (C=O) groups excluding carboxylic acids is 1. The highest BCUT2D eigenvalue weighted by atomic mass is 16.1. The van der Waals surface area contributed by atoms with E-state index < -0.39 is 0 Å². The molecule has 1 saturated heterocycles. The molecule has 0 radical (unpaired) electrons. The van der Waals surface area contributed by atoms with E-state index >= 15 is 0 Å². The Hall–Kier alpha value is -3.13. The molecule has 35 heavy (non-hydrogen) atoms. The first-order valence-electron chi connectivity index (χ1n) is 13.1. The van der Waals surface area contributed by atoms with Gasteiger partial charge in [-0.1, -0.05) is 13.3 Å². The Morgan fingerprint density at radius 2 is 1.94 bits per heavy atom. The molecule has 8 nitrogen and oxygen atoms in total. The average Bonchev–Trinajstić information content (AvgIpc) is 3.38. The van der Waals surface area contributed by atoms with Gasteiger partial charge in [-0.05, 0) is 81.6 Å². The van der Waals surface area contributed by atoms with Gasteiger partial charge in [0, 0.05) is 50.0 Å². The highest BCUT2D eigenvalue weighted by molar-refractivity contribution is 5.91. The lowest BCUT2D eigenvalue weighted by Crippen LogP contribution is -2.33. The number of hydrogen-bond donors (Lipinski definition) is 3. The van der Waals surface area contributed by atoms with Crippen molar-refractivity contribution in [3.63, 3.8) is 0 Å². The number of carbonyl (C=O) groups is 1. The van der Waals surface area contributed by atoms with E-state index in [1.54, 1.807) is 0 Å². The predicted molar refractivity (Wildman–Crippen MR) is 143 cm³/mol. The van der Waals surface area contributed by atoms with Gasteiger partial charge in [-0.25, -0.2) is 4.98 Å². The molecule has 3 aromatic rings. The molecule has 1 amide bonds. The third-order valence-electron chi connectivity index (χ3n) is 6.56. The maximum absolute atomic E-state index is 12.3. The van der Waals surface area contributed by atoms with E-state index in [1.165, 1.54) is 32.4 Å². The molecule has 3 heterocycles. The van der Waals surface area contributed by atoms with Gasteiger partial charge in [-0.3, -0.25) is 4.79 Å². The number of nitrogens with zero attached hydrogens (tertiary/aromatic N) is 4. The highest BCUT2D eigenvalue weighted by Gasteiger charge is 2.11. The van der Waals surface area contributed by atoms with Crippen LogP contribution in [0.1, 0.15) is 51.0 Å². The van der Waals surface area contributed by atoms with Crippen LogP contribution in [0, 0.1) is 0 Å². The summed E-state index contributed by atoms with van der Waals surface area (Å²) in [6.07, 6.45) is 11.4. The van der Waals surface area contributed by atoms with Gasteiger partial charge in [0.2, 0.25) is 11.9 Å². The Kier molecular flexibility index (Phi) is 8.95. The third-order valence-corrected chi connectivity index (χ3v) is 6.56. The lowest BCUT2D eigenvalue weighted by Gasteiger charge is -2.26. The molecule has 1 aliphatic heterocycles. The second-order valence-corrected chi connectivity index (χ2v) is 9.31. The van der Waals surface area contributed by atoms with Crippen LogP contribution in [0.15, 0.2) is 36.7 Å². The van der Waals surface area contributed by atoms with Crippen LogP contribution in [-0.4, -0.2) is 65.1 Å². The first-order chi connectivity index (χ1) is 17.2. The predicted octanol–water partition coefficient (Wildman–Crippen LogP) is 4.21. The van der Waals surface area contributed by atoms with E-state index in [9.17, 15) is 4.79 Å². The summed E-state index contributed by atoms with van der Waals surface area (Å²) in [5.74, 6) is 1.58. The topological polar surface area (TPSA) is 87.1 Å². The highest BCUT2D eigenvalue weighted by Crippen LogP contribution is 2.25. The lowest BCUT2D eigenvalue weighted by molar-refractivity contribution is -0.121. The van der Waals surface area contributed by atoms with Crippen LogP contribution in [0.4, 0.5) is 11.8 Å². The van der Waals surface area contributed by atoms with Crippen LogP contribution in [0.2, 0.25) is 0 Å². The summed E-state index contributed by atoms with van der Waals surface area (Å²) in [6, 6.07) is 8.31. The van der Waals surface area contributed by atoms with Crippen LogP contribution >= 0.6 is 0 Å². The number of piperidine rings is 1. The number of likely N-dealkylation sites (tertiary alicyclic amines) is 1. The van der Waals surface area contributed by atoms with Crippen molar-refractivity contribution in [1.29, 1.82) is 0 Å². The monoisotopic (exact) mass is 477 g/mol. The van der Waals surface area contributed by atoms with Crippen molar-refractivity contribution in [1.82, 2.24) is 24.8 Å². The smallest absolute Gasteiger partial charge is 0.224 e. The second-order valence-electron chi connectivity index (χ2n) is 9.31. The van der Waals surface area contributed by atoms with Crippen molar-refractivity contribution < 1.29 is 4.79 Å². The Bertz CT molecular complexity index is 1100. The molecule has 0 unspecified atom stereocenters. The Morgan fingerprint density at radius 1 is 1.09 bits per heavy atom. The molecule has 1 fully saturated rings. The molecule has 1 aliphatic rings. The second kappa shape index (κ2) is 12.5. The minimum absolute atomic E-state index is 0.130. The summed E-state index contributed by atoms with van der Waals surface area (Å²) in [4.78, 5) is 24.0. The molecule has 3 N–H and O–H groups in total. The van der Waals surface area contributed by atoms with E-state index in [2.05, 4.69) is 72.8 Å². The molecule has 0 atom stereocenters. The molecule has 8 heteroatoms. The van der Waals surface area contributed by atoms with Gasteiger partial charge in [0.05, 0.1) is 5.52 Å². The Labute approximate surface area is 208 Å². The standard InChI is InChI=1S/C27H39N7O/c1-3-13-30-26-23-10-9-22(19-24(23)31-27(28-2)32-26)34-18-12-21(20-34)8-11-25(35)29-14-7-17-33-15-5-4-6-16-33/h9-10,12,18-20H,3-8,11,13-17H2,1-2H3,(H,29,35)(H2,28,30,31,32). The number of hydrogen-bond acceptors (Lipinski definition) is 6. The fraction of sp³-hybridized carbons (Fsp3) is 0.519. The number of rotatable bonds is 12. The van der Waals surface area contributed by atoms with Crippen molar-refractivity contribution in [2.24, 2.45) is 0 Å². The van der Waals surface area contributed by atoms with Crippen molar-refractivity contribution >= 4 is 28.6 Å². The number of aromatic nitrogens is 3. The quantitative estimate of drug-likeness (QED) is 0.339. The summed E-state index contributed by atoms with van der Waals surface area (Å²) in [5.41, 5.74) is 3.07. The Balaban J connectivity index is 1.31. The molecule has 0 saturated carbocycles. The first-order valence-corrected chi connectivity index (χ1v) is 13.1. The van der Waals surface area contributed by atoms with Crippen molar-refractivity contribution in [2.45, 2.75) is 51.9 Å². The summed E-state index contributed by atoms with van der Waals surface area (Å²) < 4.78 is 2.09. The number of fused-ring (bicyclic) bond motifs is 1. The van der Waals surface area contributed by atoms with Crippen LogP contribution < -0.4 is 16.0 Å². The first kappa shape index (κ1) is 25.0. The molecule has 1 aromatic carbocycles. The number of anilines is 2. The fourth-order valence-corrected chi connectivity index (χ4v) is 4.58. The van der Waals surface area contributed by atoms with Gasteiger partial charge in [0.15, 0.2) is 0 Å². The molecule has 0 spiro atoms. The minimum atomic E-state index is 0.130. The summed E-state index contributed by atoms with van der Waals surface area (Å²) >= 11 is 0. The SMILES string of the molecule is CCCNc1nc(NC)nc2cc(-n3ccc(CCC(=O)NCCCN4CCCCC4)c3)ccc12. The molecular formula is C27H39N7O. The number of amides is 1. The van der Waals surface area contributed by atoms with Crippen molar-refractivity contribution in [3.05, 3.63) is 42.2 Å². The molecule has 0 aliphatic carbocycles. The van der Waals surface area contributed by atoms with Crippen LogP contribution in [0.5, 0.6) is 0 Å². The lowest BCUT2D eigenvalue weighted by atomic mass is 10.1. The van der Waals surface area contributed by atoms with E-state index in [1.807, 2.05) is 13.2 Å². The van der Waals surface area contributed by atoms with Gasteiger partial charge in [0.1, 0.15) is 5.82 Å². The normalized spacial score (nSPS) is 14.2. The van der Waals surface area contributed by atoms with Crippen molar-refractivity contribution in [3.8, 4) is 5.69 Å². The number of benzene rings is 1. The van der Waals surface area contributed by atoms with Gasteiger partial charge in [-0.2, -0.15) is 4.98 Å². The molecule has 2 aromatic heterocycles. The van der Waals surface area contributed by atoms with E-state index in [-0.39, 0.29) is 5.91 Å². The summed E-state index contributed by atoms with van der Waals surface area (Å²) in [5, 5.41) is 10.5.